The van der Waals surface area contributed by atoms with Crippen molar-refractivity contribution in [2.75, 3.05) is 6.61 Å². The van der Waals surface area contributed by atoms with Crippen LogP contribution in [0.2, 0.25) is 0 Å². The Labute approximate surface area is 124 Å². The molecule has 21 heavy (non-hydrogen) atoms. The van der Waals surface area contributed by atoms with Crippen molar-refractivity contribution in [2.24, 2.45) is 0 Å². The van der Waals surface area contributed by atoms with Gasteiger partial charge in [-0.05, 0) is 25.8 Å². The normalized spacial score (nSPS) is 9.71. The van der Waals surface area contributed by atoms with Gasteiger partial charge in [-0.2, -0.15) is 5.26 Å². The van der Waals surface area contributed by atoms with Crippen LogP contribution < -0.4 is 4.74 Å². The van der Waals surface area contributed by atoms with Gasteiger partial charge in [0.2, 0.25) is 0 Å². The summed E-state index contributed by atoms with van der Waals surface area (Å²) in [5, 5.41) is 18.3. The third-order valence-corrected chi connectivity index (χ3v) is 2.86. The molecule has 0 unspecified atom stereocenters. The molecule has 1 rings (SSSR count). The van der Waals surface area contributed by atoms with Crippen molar-refractivity contribution in [3.05, 3.63) is 36.1 Å². The van der Waals surface area contributed by atoms with Crippen LogP contribution in [-0.4, -0.2) is 17.5 Å². The molecular weight excluding hydrogens is 270 g/mol. The second-order valence-corrected chi connectivity index (χ2v) is 4.47. The topological polar surface area (TPSA) is 79.6 Å². The van der Waals surface area contributed by atoms with E-state index >= 15 is 0 Å². The number of hydrogen-bond donors (Lipinski definition) is 1. The molecule has 0 aliphatic carbocycles. The summed E-state index contributed by atoms with van der Waals surface area (Å²) in [6.45, 7) is 5.49. The number of unbranched alkanes of at least 4 members (excludes halogenated alkanes) is 2. The van der Waals surface area contributed by atoms with Gasteiger partial charge in [0.25, 0.3) is 0 Å². The van der Waals surface area contributed by atoms with Gasteiger partial charge in [0.05, 0.1) is 24.5 Å². The van der Waals surface area contributed by atoms with E-state index in [0.29, 0.717) is 24.3 Å². The quantitative estimate of drug-likeness (QED) is 0.428. The molecule has 5 heteroatoms. The maximum absolute atomic E-state index is 11.4. The lowest BCUT2D eigenvalue weighted by Gasteiger charge is -2.13. The van der Waals surface area contributed by atoms with Gasteiger partial charge < -0.3 is 14.6 Å². The Morgan fingerprint density at radius 1 is 1.48 bits per heavy atom. The highest BCUT2D eigenvalue weighted by atomic mass is 16.5. The summed E-state index contributed by atoms with van der Waals surface area (Å²) in [6.07, 6.45) is 3.29. The second-order valence-electron chi connectivity index (χ2n) is 4.47. The molecule has 0 saturated heterocycles. The van der Waals surface area contributed by atoms with Gasteiger partial charge in [-0.15, -0.1) is 0 Å². The number of ether oxygens (including phenoxy) is 2. The Morgan fingerprint density at radius 2 is 2.24 bits per heavy atom. The van der Waals surface area contributed by atoms with Gasteiger partial charge in [-0.3, -0.25) is 4.79 Å². The molecule has 0 spiro atoms. The zero-order valence-corrected chi connectivity index (χ0v) is 12.1. The third-order valence-electron chi connectivity index (χ3n) is 2.86. The van der Waals surface area contributed by atoms with E-state index in [-0.39, 0.29) is 23.7 Å². The minimum absolute atomic E-state index is 0.114. The Kier molecular flexibility index (Phi) is 6.82. The van der Waals surface area contributed by atoms with Crippen LogP contribution in [-0.2, 0) is 11.3 Å². The van der Waals surface area contributed by atoms with E-state index in [1.807, 2.05) is 0 Å². The molecule has 0 radical (unpaired) electrons. The molecule has 5 nitrogen and oxygen atoms in total. The van der Waals surface area contributed by atoms with Crippen molar-refractivity contribution >= 4 is 5.78 Å². The summed E-state index contributed by atoms with van der Waals surface area (Å²) in [5.74, 6) is 0.126. The number of carbonyl (C=O) groups excluding carboxylic acids is 1. The number of Topliss-reactive ketones (excluding diaryl/α,β-unsaturated/α-hetero) is 1. The van der Waals surface area contributed by atoms with Crippen molar-refractivity contribution in [1.29, 1.82) is 5.26 Å². The van der Waals surface area contributed by atoms with Crippen LogP contribution in [0.15, 0.2) is 25.0 Å². The first kappa shape index (κ1) is 16.6. The van der Waals surface area contributed by atoms with Crippen LogP contribution in [0.25, 0.3) is 0 Å². The summed E-state index contributed by atoms with van der Waals surface area (Å²) in [4.78, 5) is 11.4. The maximum atomic E-state index is 11.4. The fourth-order valence-electron chi connectivity index (χ4n) is 1.78. The van der Waals surface area contributed by atoms with E-state index in [9.17, 15) is 9.90 Å². The Bertz CT molecular complexity index is 546. The van der Waals surface area contributed by atoms with Crippen LogP contribution >= 0.6 is 0 Å². The van der Waals surface area contributed by atoms with E-state index in [1.165, 1.54) is 19.3 Å². The second kappa shape index (κ2) is 8.64. The number of phenols is 1. The SMILES string of the molecule is C=COCc1cc(C(C)=O)c(O)cc1OCCCCC#N. The highest BCUT2D eigenvalue weighted by Gasteiger charge is 2.13. The average molecular weight is 289 g/mol. The summed E-state index contributed by atoms with van der Waals surface area (Å²) in [7, 11) is 0. The molecule has 0 heterocycles. The smallest absolute Gasteiger partial charge is 0.163 e. The zero-order valence-electron chi connectivity index (χ0n) is 12.1. The zero-order chi connectivity index (χ0) is 15.7. The van der Waals surface area contributed by atoms with Crippen LogP contribution in [0.5, 0.6) is 11.5 Å². The molecule has 0 aromatic heterocycles. The third kappa shape index (κ3) is 5.19. The van der Waals surface area contributed by atoms with Crippen molar-refractivity contribution in [1.82, 2.24) is 0 Å². The van der Waals surface area contributed by atoms with E-state index in [1.54, 1.807) is 6.07 Å². The van der Waals surface area contributed by atoms with Gasteiger partial charge in [0, 0.05) is 18.1 Å². The van der Waals surface area contributed by atoms with Gasteiger partial charge in [-0.1, -0.05) is 6.58 Å². The molecule has 1 aromatic rings. The molecule has 0 aliphatic heterocycles. The van der Waals surface area contributed by atoms with E-state index in [2.05, 4.69) is 12.6 Å². The molecular formula is C16H19NO4. The van der Waals surface area contributed by atoms with E-state index < -0.39 is 0 Å². The van der Waals surface area contributed by atoms with Gasteiger partial charge >= 0.3 is 0 Å². The standard InChI is InChI=1S/C16H19NO4/c1-3-20-11-13-9-14(12(2)18)15(19)10-16(13)21-8-6-4-5-7-17/h3,9-10,19H,1,4-6,8,11H2,2H3. The monoisotopic (exact) mass is 289 g/mol. The van der Waals surface area contributed by atoms with E-state index in [4.69, 9.17) is 14.7 Å². The minimum atomic E-state index is -0.229. The summed E-state index contributed by atoms with van der Waals surface area (Å²) in [5.41, 5.74) is 0.896. The molecule has 0 saturated carbocycles. The van der Waals surface area contributed by atoms with Crippen molar-refractivity contribution in [3.63, 3.8) is 0 Å². The number of aromatic hydroxyl groups is 1. The average Bonchev–Trinajstić information content (AvgIpc) is 2.45. The van der Waals surface area contributed by atoms with E-state index in [0.717, 1.165) is 12.8 Å². The molecule has 0 atom stereocenters. The number of rotatable bonds is 9. The lowest BCUT2D eigenvalue weighted by Crippen LogP contribution is -2.03. The van der Waals surface area contributed by atoms with Crippen LogP contribution in [0.4, 0.5) is 0 Å². The number of nitrogens with zero attached hydrogens (tertiary/aromatic N) is 1. The molecule has 112 valence electrons. The lowest BCUT2D eigenvalue weighted by molar-refractivity contribution is 0.101. The molecule has 1 N–H and O–H groups in total. The number of phenolic OH excluding ortho intramolecular Hbond substituents is 1. The van der Waals surface area contributed by atoms with Crippen LogP contribution in [0, 0.1) is 11.3 Å². The predicted molar refractivity (Wildman–Crippen MR) is 78.1 cm³/mol. The molecule has 0 fully saturated rings. The molecule has 0 amide bonds. The Balaban J connectivity index is 2.84. The van der Waals surface area contributed by atoms with Crippen molar-refractivity contribution in [3.8, 4) is 17.6 Å². The maximum Gasteiger partial charge on any atom is 0.163 e. The minimum Gasteiger partial charge on any atom is -0.507 e. The number of carbonyl (C=O) groups is 1. The van der Waals surface area contributed by atoms with Crippen LogP contribution in [0.1, 0.15) is 42.1 Å². The van der Waals surface area contributed by atoms with Gasteiger partial charge in [0.15, 0.2) is 5.78 Å². The fraction of sp³-hybridized carbons (Fsp3) is 0.375. The van der Waals surface area contributed by atoms with Gasteiger partial charge in [0.1, 0.15) is 18.1 Å². The largest absolute Gasteiger partial charge is 0.507 e. The number of benzene rings is 1. The first-order valence-electron chi connectivity index (χ1n) is 6.69. The summed E-state index contributed by atoms with van der Waals surface area (Å²) in [6, 6.07) is 5.05. The predicted octanol–water partition coefficient (Wildman–Crippen LogP) is 3.33. The summed E-state index contributed by atoms with van der Waals surface area (Å²) < 4.78 is 10.7. The van der Waals surface area contributed by atoms with Crippen LogP contribution in [0.3, 0.4) is 0 Å². The Morgan fingerprint density at radius 3 is 2.86 bits per heavy atom. The van der Waals surface area contributed by atoms with Gasteiger partial charge in [-0.25, -0.2) is 0 Å². The highest BCUT2D eigenvalue weighted by molar-refractivity contribution is 5.97. The van der Waals surface area contributed by atoms with Crippen molar-refractivity contribution < 1.29 is 19.4 Å². The molecule has 0 bridgehead atoms. The van der Waals surface area contributed by atoms with Crippen molar-refractivity contribution in [2.45, 2.75) is 32.8 Å². The Hall–Kier alpha value is -2.48. The molecule has 0 aliphatic rings. The number of nitriles is 1. The fourth-order valence-corrected chi connectivity index (χ4v) is 1.78. The highest BCUT2D eigenvalue weighted by Crippen LogP contribution is 2.29. The molecule has 1 aromatic carbocycles. The number of hydrogen-bond acceptors (Lipinski definition) is 5. The summed E-state index contributed by atoms with van der Waals surface area (Å²) >= 11 is 0. The first-order valence-corrected chi connectivity index (χ1v) is 6.69. The lowest BCUT2D eigenvalue weighted by atomic mass is 10.1. The first-order chi connectivity index (χ1) is 10.1. The number of ketones is 1.